The zero-order chi connectivity index (χ0) is 15.0. The molecule has 3 nitrogen and oxygen atoms in total. The van der Waals surface area contributed by atoms with Gasteiger partial charge in [-0.25, -0.2) is 4.79 Å². The van der Waals surface area contributed by atoms with E-state index >= 15 is 0 Å². The third-order valence-corrected chi connectivity index (χ3v) is 2.56. The monoisotopic (exact) mass is 272 g/mol. The second-order valence-electron chi connectivity index (χ2n) is 4.41. The highest BCUT2D eigenvalue weighted by molar-refractivity contribution is 5.86. The van der Waals surface area contributed by atoms with Crippen LogP contribution in [-0.2, 0) is 14.3 Å². The lowest BCUT2D eigenvalue weighted by Gasteiger charge is -1.99. The van der Waals surface area contributed by atoms with Crippen LogP contribution in [0.3, 0.4) is 0 Å². The second kappa shape index (κ2) is 8.12. The smallest absolute Gasteiger partial charge is 0.333 e. The first-order valence-electron chi connectivity index (χ1n) is 6.36. The Labute approximate surface area is 120 Å². The van der Waals surface area contributed by atoms with E-state index in [1.165, 1.54) is 0 Å². The molecule has 1 aliphatic rings. The van der Waals surface area contributed by atoms with Crippen molar-refractivity contribution in [2.75, 3.05) is 13.2 Å². The molecule has 1 unspecified atom stereocenters. The predicted octanol–water partition coefficient (Wildman–Crippen LogP) is 3.48. The fraction of sp³-hybridized carbons (Fsp3) is 0.235. The first-order chi connectivity index (χ1) is 9.56. The van der Waals surface area contributed by atoms with Crippen LogP contribution in [0.2, 0.25) is 0 Å². The van der Waals surface area contributed by atoms with Gasteiger partial charge in [0.1, 0.15) is 12.7 Å². The summed E-state index contributed by atoms with van der Waals surface area (Å²) in [6.07, 6.45) is 3.79. The highest BCUT2D eigenvalue weighted by Crippen LogP contribution is 2.09. The van der Waals surface area contributed by atoms with E-state index in [4.69, 9.17) is 9.47 Å². The van der Waals surface area contributed by atoms with Crippen molar-refractivity contribution in [1.29, 1.82) is 0 Å². The number of hydrogen-bond acceptors (Lipinski definition) is 3. The summed E-state index contributed by atoms with van der Waals surface area (Å²) in [4.78, 5) is 10.7. The number of carbonyl (C=O) groups is 1. The van der Waals surface area contributed by atoms with Crippen molar-refractivity contribution in [3.05, 3.63) is 60.7 Å². The van der Waals surface area contributed by atoms with E-state index in [0.29, 0.717) is 18.8 Å². The molecule has 3 heteroatoms. The van der Waals surface area contributed by atoms with Crippen molar-refractivity contribution in [1.82, 2.24) is 0 Å². The molecule has 1 fully saturated rings. The Morgan fingerprint density at radius 2 is 1.75 bits per heavy atom. The Kier molecular flexibility index (Phi) is 6.47. The van der Waals surface area contributed by atoms with Crippen LogP contribution in [0.1, 0.15) is 18.1 Å². The average molecular weight is 272 g/mol. The summed E-state index contributed by atoms with van der Waals surface area (Å²) in [5.41, 5.74) is 2.72. The molecule has 0 aliphatic carbocycles. The summed E-state index contributed by atoms with van der Waals surface area (Å²) in [6.45, 7) is 13.5. The third-order valence-electron chi connectivity index (χ3n) is 2.56. The molecule has 1 aliphatic heterocycles. The molecule has 0 saturated carbocycles. The van der Waals surface area contributed by atoms with Gasteiger partial charge in [-0.1, -0.05) is 56.2 Å². The number of esters is 1. The van der Waals surface area contributed by atoms with Gasteiger partial charge < -0.3 is 9.47 Å². The molecule has 2 rings (SSSR count). The highest BCUT2D eigenvalue weighted by atomic mass is 16.6. The summed E-state index contributed by atoms with van der Waals surface area (Å²) in [5.74, 6) is -0.337. The van der Waals surface area contributed by atoms with Gasteiger partial charge in [-0.05, 0) is 18.1 Å². The number of benzene rings is 1. The van der Waals surface area contributed by atoms with E-state index in [2.05, 4.69) is 19.7 Å². The lowest BCUT2D eigenvalue weighted by atomic mass is 10.1. The van der Waals surface area contributed by atoms with Gasteiger partial charge in [0.05, 0.1) is 6.61 Å². The van der Waals surface area contributed by atoms with Gasteiger partial charge in [0, 0.05) is 5.57 Å². The zero-order valence-electron chi connectivity index (χ0n) is 11.8. The molecule has 0 spiro atoms. The van der Waals surface area contributed by atoms with Crippen LogP contribution in [-0.4, -0.2) is 25.3 Å². The van der Waals surface area contributed by atoms with E-state index in [9.17, 15) is 4.79 Å². The van der Waals surface area contributed by atoms with Gasteiger partial charge in [-0.2, -0.15) is 0 Å². The molecule has 0 radical (unpaired) electrons. The molecule has 106 valence electrons. The van der Waals surface area contributed by atoms with E-state index in [1.807, 2.05) is 36.4 Å². The maximum Gasteiger partial charge on any atom is 0.333 e. The molecule has 0 bridgehead atoms. The van der Waals surface area contributed by atoms with Gasteiger partial charge in [0.15, 0.2) is 0 Å². The number of ether oxygens (including phenoxy) is 2. The second-order valence-corrected chi connectivity index (χ2v) is 4.41. The van der Waals surface area contributed by atoms with E-state index < -0.39 is 0 Å². The van der Waals surface area contributed by atoms with Crippen molar-refractivity contribution in [3.8, 4) is 0 Å². The summed E-state index contributed by atoms with van der Waals surface area (Å²) in [5, 5.41) is 0. The van der Waals surface area contributed by atoms with Crippen LogP contribution in [0.25, 0.3) is 12.2 Å². The third kappa shape index (κ3) is 6.16. The standard InChI is InChI=1S/C10H10.C7H10O3/c1-3-9-5-7-10(4-2)8-6-9;1-5(2)7(8)10-4-6-3-9-6/h3-8H,1-2H2;6H,1,3-4H2,2H3. The first kappa shape index (κ1) is 15.9. The fourth-order valence-electron chi connectivity index (χ4n) is 1.22. The number of epoxide rings is 1. The molecular weight excluding hydrogens is 252 g/mol. The highest BCUT2D eigenvalue weighted by Gasteiger charge is 2.24. The van der Waals surface area contributed by atoms with Gasteiger partial charge >= 0.3 is 5.97 Å². The van der Waals surface area contributed by atoms with Crippen LogP contribution in [0.15, 0.2) is 49.6 Å². The summed E-state index contributed by atoms with van der Waals surface area (Å²) in [6, 6.07) is 8.07. The Hall–Kier alpha value is -2.13. The van der Waals surface area contributed by atoms with E-state index in [1.54, 1.807) is 6.92 Å². The van der Waals surface area contributed by atoms with Crippen molar-refractivity contribution in [2.45, 2.75) is 13.0 Å². The minimum atomic E-state index is -0.337. The summed E-state index contributed by atoms with van der Waals surface area (Å²) < 4.78 is 9.60. The molecule has 1 atom stereocenters. The van der Waals surface area contributed by atoms with E-state index in [-0.39, 0.29) is 12.1 Å². The summed E-state index contributed by atoms with van der Waals surface area (Å²) in [7, 11) is 0. The van der Waals surface area contributed by atoms with Crippen LogP contribution in [0.5, 0.6) is 0 Å². The largest absolute Gasteiger partial charge is 0.459 e. The van der Waals surface area contributed by atoms with Crippen molar-refractivity contribution < 1.29 is 14.3 Å². The number of rotatable bonds is 5. The van der Waals surface area contributed by atoms with Gasteiger partial charge in [-0.15, -0.1) is 0 Å². The maximum atomic E-state index is 10.7. The van der Waals surface area contributed by atoms with Crippen LogP contribution in [0, 0.1) is 0 Å². The van der Waals surface area contributed by atoms with Gasteiger partial charge in [-0.3, -0.25) is 0 Å². The maximum absolute atomic E-state index is 10.7. The molecule has 0 aromatic heterocycles. The number of hydrogen-bond donors (Lipinski definition) is 0. The van der Waals surface area contributed by atoms with Crippen molar-refractivity contribution in [3.63, 3.8) is 0 Å². The van der Waals surface area contributed by atoms with Crippen LogP contribution >= 0.6 is 0 Å². The number of carbonyl (C=O) groups excluding carboxylic acids is 1. The minimum Gasteiger partial charge on any atom is -0.459 e. The summed E-state index contributed by atoms with van der Waals surface area (Å²) >= 11 is 0. The molecule has 1 heterocycles. The Morgan fingerprint density at radius 3 is 2.05 bits per heavy atom. The average Bonchev–Trinajstić information content (AvgIpc) is 3.29. The van der Waals surface area contributed by atoms with Gasteiger partial charge in [0.25, 0.3) is 0 Å². The van der Waals surface area contributed by atoms with Crippen molar-refractivity contribution in [2.24, 2.45) is 0 Å². The molecule has 0 N–H and O–H groups in total. The molecule has 1 aromatic carbocycles. The molecule has 0 amide bonds. The molecule has 1 saturated heterocycles. The quantitative estimate of drug-likeness (QED) is 0.468. The topological polar surface area (TPSA) is 38.8 Å². The SMILES string of the molecule is C=C(C)C(=O)OCC1CO1.C=Cc1ccc(C=C)cc1. The fourth-order valence-corrected chi connectivity index (χ4v) is 1.22. The predicted molar refractivity (Wildman–Crippen MR) is 82.1 cm³/mol. The Bertz CT molecular complexity index is 454. The molecular formula is C17H20O3. The van der Waals surface area contributed by atoms with Crippen LogP contribution in [0.4, 0.5) is 0 Å². The lowest BCUT2D eigenvalue weighted by Crippen LogP contribution is -2.09. The Morgan fingerprint density at radius 1 is 1.30 bits per heavy atom. The molecule has 1 aromatic rings. The Balaban J connectivity index is 0.000000200. The lowest BCUT2D eigenvalue weighted by molar-refractivity contribution is -0.139. The minimum absolute atomic E-state index is 0.142. The van der Waals surface area contributed by atoms with E-state index in [0.717, 1.165) is 11.1 Å². The van der Waals surface area contributed by atoms with Crippen LogP contribution < -0.4 is 0 Å². The van der Waals surface area contributed by atoms with Gasteiger partial charge in [0.2, 0.25) is 0 Å². The zero-order valence-corrected chi connectivity index (χ0v) is 11.8. The van der Waals surface area contributed by atoms with Crippen molar-refractivity contribution >= 4 is 18.1 Å². The normalized spacial score (nSPS) is 15.3. The first-order valence-corrected chi connectivity index (χ1v) is 6.36. The molecule has 20 heavy (non-hydrogen) atoms.